The van der Waals surface area contributed by atoms with Gasteiger partial charge in [0.15, 0.2) is 5.17 Å². The molecule has 0 aliphatic carbocycles. The molecule has 0 unspecified atom stereocenters. The molecule has 0 saturated carbocycles. The molecule has 4 nitrogen and oxygen atoms in total. The lowest BCUT2D eigenvalue weighted by molar-refractivity contribution is -0.118. The zero-order valence-corrected chi connectivity index (χ0v) is 14.8. The highest BCUT2D eigenvalue weighted by Gasteiger charge is 2.30. The molecule has 0 aromatic heterocycles. The van der Waals surface area contributed by atoms with Gasteiger partial charge in [0.25, 0.3) is 0 Å². The molecule has 1 aliphatic rings. The summed E-state index contributed by atoms with van der Waals surface area (Å²) in [5, 5.41) is 11.3. The quantitative estimate of drug-likeness (QED) is 0.672. The highest BCUT2D eigenvalue weighted by atomic mass is 32.2. The van der Waals surface area contributed by atoms with Gasteiger partial charge in [0, 0.05) is 0 Å². The minimum atomic E-state index is -0.282. The number of nitrogens with one attached hydrogen (secondary N) is 1. The highest BCUT2D eigenvalue weighted by molar-refractivity contribution is 8.15. The van der Waals surface area contributed by atoms with Crippen molar-refractivity contribution in [1.29, 1.82) is 0 Å². The Morgan fingerprint density at radius 3 is 2.52 bits per heavy atom. The minimum Gasteiger partial charge on any atom is -0.303 e. The monoisotopic (exact) mass is 355 g/mol. The molecule has 25 heavy (non-hydrogen) atoms. The van der Waals surface area contributed by atoms with Crippen LogP contribution in [0.2, 0.25) is 0 Å². The SMILES string of the molecule is C/C(=N\N=C1\NC(=O)[C@@H](Cc2ccc(F)cc2)S1)c1ccc(C)cc1. The fraction of sp³-hybridized carbons (Fsp3) is 0.211. The molecular weight excluding hydrogens is 337 g/mol. The third-order valence-corrected chi connectivity index (χ3v) is 4.94. The predicted molar refractivity (Wildman–Crippen MR) is 100 cm³/mol. The molecule has 1 amide bonds. The maximum atomic E-state index is 13.0. The van der Waals surface area contributed by atoms with E-state index < -0.39 is 0 Å². The van der Waals surface area contributed by atoms with Crippen LogP contribution in [0.15, 0.2) is 58.7 Å². The average molecular weight is 355 g/mol. The predicted octanol–water partition coefficient (Wildman–Crippen LogP) is 3.69. The van der Waals surface area contributed by atoms with Gasteiger partial charge in [-0.3, -0.25) is 4.79 Å². The first kappa shape index (κ1) is 17.4. The zero-order chi connectivity index (χ0) is 17.8. The maximum absolute atomic E-state index is 13.0. The second-order valence-electron chi connectivity index (χ2n) is 5.88. The standard InChI is InChI=1S/C19H18FN3OS/c1-12-3-7-15(8-4-12)13(2)22-23-19-21-18(24)17(25-19)11-14-5-9-16(20)10-6-14/h3-10,17H,11H2,1-2H3,(H,21,23,24)/b22-13+/t17-/m1/s1. The van der Waals surface area contributed by atoms with E-state index >= 15 is 0 Å². The van der Waals surface area contributed by atoms with E-state index in [1.165, 1.54) is 29.5 Å². The number of amidine groups is 1. The molecule has 2 aromatic carbocycles. The molecule has 1 heterocycles. The first-order valence-electron chi connectivity index (χ1n) is 7.92. The van der Waals surface area contributed by atoms with Gasteiger partial charge in [-0.25, -0.2) is 4.39 Å². The van der Waals surface area contributed by atoms with Crippen LogP contribution < -0.4 is 5.32 Å². The van der Waals surface area contributed by atoms with Crippen molar-refractivity contribution in [2.24, 2.45) is 10.2 Å². The normalized spacial score (nSPS) is 19.3. The number of carbonyl (C=O) groups excluding carboxylic acids is 1. The third-order valence-electron chi connectivity index (χ3n) is 3.87. The number of benzene rings is 2. The van der Waals surface area contributed by atoms with Crippen LogP contribution in [0.4, 0.5) is 4.39 Å². The summed E-state index contributed by atoms with van der Waals surface area (Å²) in [4.78, 5) is 12.1. The van der Waals surface area contributed by atoms with Crippen LogP contribution in [0.3, 0.4) is 0 Å². The van der Waals surface area contributed by atoms with Gasteiger partial charge in [-0.05, 0) is 43.5 Å². The number of halogens is 1. The molecular formula is C19H18FN3OS. The zero-order valence-electron chi connectivity index (χ0n) is 14.0. The van der Waals surface area contributed by atoms with Crippen molar-refractivity contribution in [2.75, 3.05) is 0 Å². The molecule has 1 atom stereocenters. The summed E-state index contributed by atoms with van der Waals surface area (Å²) in [5.41, 5.74) is 3.87. The molecule has 1 N–H and O–H groups in total. The average Bonchev–Trinajstić information content (AvgIpc) is 2.95. The number of nitrogens with zero attached hydrogens (tertiary/aromatic N) is 2. The van der Waals surface area contributed by atoms with E-state index in [1.807, 2.05) is 38.1 Å². The summed E-state index contributed by atoms with van der Waals surface area (Å²) in [6, 6.07) is 14.2. The van der Waals surface area contributed by atoms with Gasteiger partial charge < -0.3 is 5.32 Å². The number of amides is 1. The van der Waals surface area contributed by atoms with Gasteiger partial charge in [-0.2, -0.15) is 5.10 Å². The number of carbonyl (C=O) groups is 1. The molecule has 1 saturated heterocycles. The Hall–Kier alpha value is -2.47. The van der Waals surface area contributed by atoms with E-state index in [1.54, 1.807) is 12.1 Å². The number of hydrogen-bond donors (Lipinski definition) is 1. The molecule has 0 spiro atoms. The van der Waals surface area contributed by atoms with Crippen LogP contribution in [-0.4, -0.2) is 22.0 Å². The van der Waals surface area contributed by atoms with E-state index in [0.29, 0.717) is 11.6 Å². The Morgan fingerprint density at radius 2 is 1.84 bits per heavy atom. The lowest BCUT2D eigenvalue weighted by Gasteiger charge is -2.04. The van der Waals surface area contributed by atoms with Crippen LogP contribution in [0.5, 0.6) is 0 Å². The maximum Gasteiger partial charge on any atom is 0.239 e. The van der Waals surface area contributed by atoms with Crippen molar-refractivity contribution in [3.05, 3.63) is 71.0 Å². The highest BCUT2D eigenvalue weighted by Crippen LogP contribution is 2.23. The van der Waals surface area contributed by atoms with Crippen molar-refractivity contribution in [3.63, 3.8) is 0 Å². The van der Waals surface area contributed by atoms with E-state index in [-0.39, 0.29) is 17.0 Å². The summed E-state index contributed by atoms with van der Waals surface area (Å²) in [6.45, 7) is 3.91. The summed E-state index contributed by atoms with van der Waals surface area (Å²) in [5.74, 6) is -0.383. The number of aryl methyl sites for hydroxylation is 1. The van der Waals surface area contributed by atoms with Crippen molar-refractivity contribution >= 4 is 28.5 Å². The second-order valence-corrected chi connectivity index (χ2v) is 7.07. The van der Waals surface area contributed by atoms with Crippen molar-refractivity contribution in [1.82, 2.24) is 5.32 Å². The van der Waals surface area contributed by atoms with E-state index in [0.717, 1.165) is 16.8 Å². The van der Waals surface area contributed by atoms with Crippen LogP contribution in [0.1, 0.15) is 23.6 Å². The Balaban J connectivity index is 1.66. The molecule has 6 heteroatoms. The van der Waals surface area contributed by atoms with E-state index in [4.69, 9.17) is 0 Å². The number of thioether (sulfide) groups is 1. The first-order chi connectivity index (χ1) is 12.0. The Bertz CT molecular complexity index is 829. The van der Waals surface area contributed by atoms with Crippen LogP contribution in [-0.2, 0) is 11.2 Å². The molecule has 2 aromatic rings. The largest absolute Gasteiger partial charge is 0.303 e. The molecule has 0 bridgehead atoms. The summed E-state index contributed by atoms with van der Waals surface area (Å²) < 4.78 is 13.0. The molecule has 0 radical (unpaired) electrons. The summed E-state index contributed by atoms with van der Waals surface area (Å²) >= 11 is 1.35. The van der Waals surface area contributed by atoms with E-state index in [2.05, 4.69) is 15.5 Å². The summed E-state index contributed by atoms with van der Waals surface area (Å²) in [6.07, 6.45) is 0.524. The molecule has 1 aliphatic heterocycles. The van der Waals surface area contributed by atoms with Crippen molar-refractivity contribution in [3.8, 4) is 0 Å². The fourth-order valence-electron chi connectivity index (χ4n) is 2.39. The van der Waals surface area contributed by atoms with Crippen LogP contribution >= 0.6 is 11.8 Å². The van der Waals surface area contributed by atoms with E-state index in [9.17, 15) is 9.18 Å². The lowest BCUT2D eigenvalue weighted by atomic mass is 10.1. The van der Waals surface area contributed by atoms with Gasteiger partial charge in [0.05, 0.1) is 11.0 Å². The van der Waals surface area contributed by atoms with Gasteiger partial charge in [0.2, 0.25) is 5.91 Å². The van der Waals surface area contributed by atoms with Crippen molar-refractivity contribution < 1.29 is 9.18 Å². The minimum absolute atomic E-state index is 0.101. The van der Waals surface area contributed by atoms with Gasteiger partial charge in [-0.15, -0.1) is 5.10 Å². The molecule has 1 fully saturated rings. The second kappa shape index (κ2) is 7.61. The number of rotatable bonds is 4. The molecule has 128 valence electrons. The Kier molecular flexibility index (Phi) is 5.28. The smallest absolute Gasteiger partial charge is 0.239 e. The first-order valence-corrected chi connectivity index (χ1v) is 8.80. The topological polar surface area (TPSA) is 53.8 Å². The summed E-state index contributed by atoms with van der Waals surface area (Å²) in [7, 11) is 0. The number of hydrogen-bond acceptors (Lipinski definition) is 4. The Morgan fingerprint density at radius 1 is 1.16 bits per heavy atom. The van der Waals surface area contributed by atoms with Crippen LogP contribution in [0, 0.1) is 12.7 Å². The Labute approximate surface area is 150 Å². The van der Waals surface area contributed by atoms with Gasteiger partial charge >= 0.3 is 0 Å². The van der Waals surface area contributed by atoms with Gasteiger partial charge in [0.1, 0.15) is 5.82 Å². The lowest BCUT2D eigenvalue weighted by Crippen LogP contribution is -2.26. The van der Waals surface area contributed by atoms with Crippen LogP contribution in [0.25, 0.3) is 0 Å². The fourth-order valence-corrected chi connectivity index (χ4v) is 3.35. The third kappa shape index (κ3) is 4.54. The van der Waals surface area contributed by atoms with Gasteiger partial charge in [-0.1, -0.05) is 53.7 Å². The molecule has 3 rings (SSSR count). The van der Waals surface area contributed by atoms with Crippen molar-refractivity contribution in [2.45, 2.75) is 25.5 Å².